The Morgan fingerprint density at radius 2 is 0.928 bits per heavy atom. The van der Waals surface area contributed by atoms with Crippen molar-refractivity contribution in [2.75, 3.05) is 7.05 Å². The number of amides is 1. The van der Waals surface area contributed by atoms with Gasteiger partial charge in [0.05, 0.1) is 40.6 Å². The molecule has 0 unspecified atom stereocenters. The predicted octanol–water partition coefficient (Wildman–Crippen LogP) is 10.7. The van der Waals surface area contributed by atoms with Gasteiger partial charge in [0, 0.05) is 67.0 Å². The highest BCUT2D eigenvalue weighted by molar-refractivity contribution is 6.36. The maximum Gasteiger partial charge on any atom is 0.315 e. The van der Waals surface area contributed by atoms with Crippen LogP contribution in [0.1, 0.15) is 125 Å². The molecule has 0 spiro atoms. The van der Waals surface area contributed by atoms with Crippen LogP contribution in [0.4, 0.5) is 5.69 Å². The molecule has 1 aromatic carbocycles. The number of primary amides is 1. The summed E-state index contributed by atoms with van der Waals surface area (Å²) >= 11 is 0. The first-order chi connectivity index (χ1) is 33.8. The molecular weight excluding hydrogens is 849 g/mol. The van der Waals surface area contributed by atoms with Crippen LogP contribution in [-0.4, -0.2) is 35.0 Å². The largest absolute Gasteiger partial charge is 0.657 e. The molecule has 350 valence electrons. The van der Waals surface area contributed by atoms with E-state index in [0.29, 0.717) is 6.42 Å². The minimum atomic E-state index is 0.180. The molecule has 0 aliphatic carbocycles. The van der Waals surface area contributed by atoms with E-state index in [0.717, 1.165) is 109 Å². The highest BCUT2D eigenvalue weighted by atomic mass is 16.1. The average Bonchev–Trinajstić information content (AvgIpc) is 4.21. The third-order valence-electron chi connectivity index (χ3n) is 13.5. The molecule has 0 atom stereocenters. The number of hydrogen-bond donors (Lipinski definition) is 1. The maximum absolute atomic E-state index is 13.2. The van der Waals surface area contributed by atoms with Gasteiger partial charge < -0.3 is 9.88 Å². The van der Waals surface area contributed by atoms with E-state index in [4.69, 9.17) is 20.0 Å². The molecule has 2 N–H and O–H groups in total. The Morgan fingerprint density at radius 3 is 1.42 bits per heavy atom. The van der Waals surface area contributed by atoms with Crippen LogP contribution in [0.2, 0.25) is 0 Å². The maximum atomic E-state index is 13.2. The quantitative estimate of drug-likeness (QED) is 0.0612. The first-order valence-corrected chi connectivity index (χ1v) is 25.2. The Morgan fingerprint density at radius 1 is 0.507 bits per heavy atom. The molecule has 8 bridgehead atoms. The molecule has 0 radical (unpaired) electrons. The van der Waals surface area contributed by atoms with E-state index in [9.17, 15) is 4.79 Å². The smallest absolute Gasteiger partial charge is 0.315 e. The van der Waals surface area contributed by atoms with Crippen LogP contribution in [0.25, 0.3) is 16.7 Å². The van der Waals surface area contributed by atoms with Gasteiger partial charge >= 0.3 is 5.91 Å². The molecule has 0 saturated heterocycles. The Kier molecular flexibility index (Phi) is 15.2. The third-order valence-corrected chi connectivity index (χ3v) is 13.5. The zero-order chi connectivity index (χ0) is 47.5. The summed E-state index contributed by atoms with van der Waals surface area (Å²) in [6, 6.07) is 21.0. The number of quaternary nitrogens is 1. The van der Waals surface area contributed by atoms with E-state index in [1.165, 1.54) is 70.6 Å². The second-order valence-corrected chi connectivity index (χ2v) is 18.8. The van der Waals surface area contributed by atoms with Crippen molar-refractivity contribution >= 4 is 45.4 Å². The van der Waals surface area contributed by atoms with E-state index < -0.39 is 0 Å². The number of rotatable bonds is 18. The van der Waals surface area contributed by atoms with Crippen molar-refractivity contribution in [3.8, 4) is 0 Å². The third kappa shape index (κ3) is 11.4. The van der Waals surface area contributed by atoms with Gasteiger partial charge in [0.15, 0.2) is 24.8 Å². The van der Waals surface area contributed by atoms with E-state index >= 15 is 0 Å². The van der Waals surface area contributed by atoms with Crippen molar-refractivity contribution in [3.05, 3.63) is 203 Å². The summed E-state index contributed by atoms with van der Waals surface area (Å²) in [6.07, 6.45) is 46.6. The van der Waals surface area contributed by atoms with Gasteiger partial charge in [-0.25, -0.2) is 28.9 Å². The molecule has 3 aromatic heterocycles. The summed E-state index contributed by atoms with van der Waals surface area (Å²) < 4.78 is 4.07. The number of aliphatic imine (C=N–C) groups is 3. The first kappa shape index (κ1) is 47.0. The number of unbranched alkanes of at least 4 members (excludes halogenated alkanes) is 12. The van der Waals surface area contributed by atoms with Crippen LogP contribution in [0.3, 0.4) is 0 Å². The minimum absolute atomic E-state index is 0.180. The van der Waals surface area contributed by atoms with Gasteiger partial charge in [0.1, 0.15) is 19.8 Å². The average molecular weight is 915 g/mol. The zero-order valence-electron chi connectivity index (χ0n) is 40.9. The van der Waals surface area contributed by atoms with Crippen molar-refractivity contribution in [2.45, 2.75) is 96.8 Å². The Balaban J connectivity index is 1.03. The summed E-state index contributed by atoms with van der Waals surface area (Å²) in [6.45, 7) is 2.28. The van der Waals surface area contributed by atoms with Gasteiger partial charge in [-0.15, -0.1) is 11.4 Å². The first-order valence-electron chi connectivity index (χ1n) is 25.2. The molecule has 69 heavy (non-hydrogen) atoms. The molecule has 9 heteroatoms. The number of allylic oxidation sites excluding steroid dienone is 11. The van der Waals surface area contributed by atoms with Crippen LogP contribution >= 0.6 is 0 Å². The summed E-state index contributed by atoms with van der Waals surface area (Å²) in [5, 5.41) is 1.80. The normalized spacial score (nSPS) is 16.2. The zero-order valence-corrected chi connectivity index (χ0v) is 40.9. The summed E-state index contributed by atoms with van der Waals surface area (Å²) in [5.41, 5.74) is 15.2. The molecule has 4 aromatic rings. The van der Waals surface area contributed by atoms with Crippen LogP contribution < -0.4 is 19.4 Å². The second kappa shape index (κ2) is 22.3. The van der Waals surface area contributed by atoms with Gasteiger partial charge in [-0.2, -0.15) is 0 Å². The van der Waals surface area contributed by atoms with E-state index in [1.54, 1.807) is 5.32 Å². The standard InChI is InChI=1S/C60H64N8O/c1-5-6-7-8-9-10-11-12-13-14-15-16-17-18-56(69)61-47-21-19-43(20-22-47)57-48-23-25-50(62-48)58(44-31-37-66(2)38-32-44)52-27-29-54(64-52)60(46-35-41-68(4)42-36-46)55-30-28-53(65-55)59(51-26-24-49(57)63-51)45-33-39-67(3)40-34-45/h19-42H,5-18H2,1-4H3/p+2. The highest BCUT2D eigenvalue weighted by Gasteiger charge is 2.26. The molecule has 5 aliphatic heterocycles. The molecule has 5 aliphatic rings. The van der Waals surface area contributed by atoms with Crippen molar-refractivity contribution in [1.29, 1.82) is 0 Å². The summed E-state index contributed by atoms with van der Waals surface area (Å²) in [5.74, 6) is 0.180. The van der Waals surface area contributed by atoms with Crippen LogP contribution in [0, 0.1) is 0 Å². The highest BCUT2D eigenvalue weighted by Crippen LogP contribution is 2.38. The number of aromatic nitrogens is 3. The number of fused-ring (bicyclic) bond motifs is 5. The van der Waals surface area contributed by atoms with Gasteiger partial charge in [-0.05, 0) is 101 Å². The fourth-order valence-electron chi connectivity index (χ4n) is 9.59. The lowest BCUT2D eigenvalue weighted by Crippen LogP contribution is -2.82. The molecular formula is C60H66N8O+2. The van der Waals surface area contributed by atoms with E-state index in [1.807, 2.05) is 47.3 Å². The Bertz CT molecular complexity index is 2920. The summed E-state index contributed by atoms with van der Waals surface area (Å²) in [4.78, 5) is 36.9. The summed E-state index contributed by atoms with van der Waals surface area (Å²) in [7, 11) is 6.07. The SMILES string of the molecule is CCCCCCCCCCCCCCCC(=O)[NH2+]c1ccc(C2=C3C=CC(=N3)C(c3cc[n+](C)cc3)=C3C=CC(=N3)C(=C3C=CN(C)C=C3)C3=NC(=C(c4cc[n+](C)cc4)c4ccc2[n-]4)C=C3)cc1. The number of carbonyl (C=O) groups excluding carboxylic acids is 1. The number of nitrogens with two attached hydrogens (primary N) is 1. The number of hydrogen-bond acceptors (Lipinski definition) is 5. The van der Waals surface area contributed by atoms with Gasteiger partial charge in [-0.1, -0.05) is 96.1 Å². The van der Waals surface area contributed by atoms with Crippen LogP contribution in [0.5, 0.6) is 0 Å². The molecule has 0 fully saturated rings. The molecule has 8 heterocycles. The molecule has 1 amide bonds. The monoisotopic (exact) mass is 915 g/mol. The van der Waals surface area contributed by atoms with Gasteiger partial charge in [0.25, 0.3) is 0 Å². The van der Waals surface area contributed by atoms with Gasteiger partial charge in [0.2, 0.25) is 0 Å². The second-order valence-electron chi connectivity index (χ2n) is 18.8. The fraction of sp³-hybridized carbons (Fsp3) is 0.300. The van der Waals surface area contributed by atoms with Crippen molar-refractivity contribution in [1.82, 2.24) is 9.88 Å². The van der Waals surface area contributed by atoms with E-state index in [2.05, 4.69) is 141 Å². The number of pyridine rings is 2. The van der Waals surface area contributed by atoms with Crippen molar-refractivity contribution in [3.63, 3.8) is 0 Å². The number of aryl methyl sites for hydroxylation is 2. The Hall–Kier alpha value is -7.10. The number of benzene rings is 1. The van der Waals surface area contributed by atoms with Crippen molar-refractivity contribution < 1.29 is 19.2 Å². The Labute approximate surface area is 408 Å². The van der Waals surface area contributed by atoms with Crippen LogP contribution in [-0.2, 0) is 18.9 Å². The molecule has 0 saturated carbocycles. The fourth-order valence-corrected chi connectivity index (χ4v) is 9.59. The lowest BCUT2D eigenvalue weighted by molar-refractivity contribution is -0.671. The topological polar surface area (TPSA) is 95.9 Å². The number of carbonyl (C=O) groups is 1. The molecule has 9 nitrogen and oxygen atoms in total. The van der Waals surface area contributed by atoms with E-state index in [-0.39, 0.29) is 5.91 Å². The number of nitrogens with zero attached hydrogens (tertiary/aromatic N) is 7. The lowest BCUT2D eigenvalue weighted by Gasteiger charge is -2.19. The van der Waals surface area contributed by atoms with Crippen LogP contribution in [0.15, 0.2) is 190 Å². The van der Waals surface area contributed by atoms with Gasteiger partial charge in [-0.3, -0.25) is 5.32 Å². The minimum Gasteiger partial charge on any atom is -0.657 e. The molecule has 9 rings (SSSR count). The van der Waals surface area contributed by atoms with Crippen molar-refractivity contribution in [2.24, 2.45) is 29.1 Å². The predicted molar refractivity (Wildman–Crippen MR) is 280 cm³/mol. The lowest BCUT2D eigenvalue weighted by atomic mass is 9.97.